The Morgan fingerprint density at radius 3 is 2.70 bits per heavy atom. The number of nitrogens with one attached hydrogen (secondary N) is 1. The molecule has 3 nitrogen and oxygen atoms in total. The minimum Gasteiger partial charge on any atom is -0.487 e. The third-order valence-electron chi connectivity index (χ3n) is 4.32. The highest BCUT2D eigenvalue weighted by Gasteiger charge is 2.34. The lowest BCUT2D eigenvalue weighted by Crippen LogP contribution is -2.41. The highest BCUT2D eigenvalue weighted by molar-refractivity contribution is 5.96. The van der Waals surface area contributed by atoms with E-state index in [4.69, 9.17) is 4.74 Å². The number of rotatable bonds is 2. The summed E-state index contributed by atoms with van der Waals surface area (Å²) < 4.78 is 6.03. The number of hydrogen-bond acceptors (Lipinski definition) is 2. The second kappa shape index (κ2) is 5.73. The minimum absolute atomic E-state index is 0.0243. The van der Waals surface area contributed by atoms with E-state index in [1.54, 1.807) is 0 Å². The standard InChI is InChI=1S/C20H23NO2/c1-13-9-10-14(2)16(11-13)19(22)21-17-12-20(3,4)23-18-8-6-5-7-15(17)18/h5-11,17H,12H2,1-4H3,(H,21,22). The molecule has 0 saturated heterocycles. The molecule has 0 fully saturated rings. The molecule has 1 N–H and O–H groups in total. The molecule has 0 bridgehead atoms. The quantitative estimate of drug-likeness (QED) is 0.896. The van der Waals surface area contributed by atoms with Gasteiger partial charge in [-0.25, -0.2) is 0 Å². The van der Waals surface area contributed by atoms with Gasteiger partial charge in [-0.05, 0) is 45.4 Å². The molecule has 2 aromatic rings. The third kappa shape index (κ3) is 3.24. The summed E-state index contributed by atoms with van der Waals surface area (Å²) in [6, 6.07) is 13.9. The first-order valence-electron chi connectivity index (χ1n) is 8.02. The van der Waals surface area contributed by atoms with Gasteiger partial charge in [0.2, 0.25) is 0 Å². The van der Waals surface area contributed by atoms with Crippen LogP contribution in [-0.2, 0) is 0 Å². The van der Waals surface area contributed by atoms with Crippen LogP contribution in [0, 0.1) is 13.8 Å². The molecule has 0 aliphatic carbocycles. The van der Waals surface area contributed by atoms with Gasteiger partial charge in [0.15, 0.2) is 0 Å². The lowest BCUT2D eigenvalue weighted by molar-refractivity contribution is 0.0619. The van der Waals surface area contributed by atoms with Crippen molar-refractivity contribution in [3.05, 3.63) is 64.7 Å². The number of fused-ring (bicyclic) bond motifs is 1. The van der Waals surface area contributed by atoms with Crippen LogP contribution < -0.4 is 10.1 Å². The molecule has 120 valence electrons. The summed E-state index contributed by atoms with van der Waals surface area (Å²) in [7, 11) is 0. The second-order valence-electron chi connectivity index (χ2n) is 6.95. The van der Waals surface area contributed by atoms with Gasteiger partial charge in [-0.2, -0.15) is 0 Å². The fourth-order valence-corrected chi connectivity index (χ4v) is 3.15. The zero-order valence-electron chi connectivity index (χ0n) is 14.1. The summed E-state index contributed by atoms with van der Waals surface area (Å²) in [4.78, 5) is 12.8. The molecule has 0 spiro atoms. The van der Waals surface area contributed by atoms with Crippen LogP contribution in [0.2, 0.25) is 0 Å². The summed E-state index contributed by atoms with van der Waals surface area (Å²) in [5.74, 6) is 0.832. The number of para-hydroxylation sites is 1. The van der Waals surface area contributed by atoms with Gasteiger partial charge in [0.1, 0.15) is 11.4 Å². The average Bonchev–Trinajstić information content (AvgIpc) is 2.48. The van der Waals surface area contributed by atoms with Gasteiger partial charge in [-0.1, -0.05) is 35.9 Å². The molecule has 23 heavy (non-hydrogen) atoms. The second-order valence-corrected chi connectivity index (χ2v) is 6.95. The first-order valence-corrected chi connectivity index (χ1v) is 8.02. The van der Waals surface area contributed by atoms with E-state index < -0.39 is 0 Å². The Morgan fingerprint density at radius 1 is 1.17 bits per heavy atom. The zero-order valence-corrected chi connectivity index (χ0v) is 14.1. The number of hydrogen-bond donors (Lipinski definition) is 1. The summed E-state index contributed by atoms with van der Waals surface area (Å²) in [5, 5.41) is 3.20. The fourth-order valence-electron chi connectivity index (χ4n) is 3.15. The van der Waals surface area contributed by atoms with Gasteiger partial charge in [-0.15, -0.1) is 0 Å². The Balaban J connectivity index is 1.90. The Morgan fingerprint density at radius 2 is 1.91 bits per heavy atom. The van der Waals surface area contributed by atoms with Crippen molar-refractivity contribution in [2.75, 3.05) is 0 Å². The van der Waals surface area contributed by atoms with E-state index in [1.807, 2.05) is 56.3 Å². The molecular weight excluding hydrogens is 286 g/mol. The van der Waals surface area contributed by atoms with Gasteiger partial charge in [-0.3, -0.25) is 4.79 Å². The zero-order chi connectivity index (χ0) is 16.6. The molecule has 3 rings (SSSR count). The van der Waals surface area contributed by atoms with Crippen molar-refractivity contribution in [1.29, 1.82) is 0 Å². The monoisotopic (exact) mass is 309 g/mol. The number of carbonyl (C=O) groups excluding carboxylic acids is 1. The van der Waals surface area contributed by atoms with Crippen LogP contribution in [0.15, 0.2) is 42.5 Å². The Kier molecular flexibility index (Phi) is 3.88. The van der Waals surface area contributed by atoms with E-state index in [0.717, 1.165) is 34.4 Å². The van der Waals surface area contributed by atoms with Crippen LogP contribution in [0.3, 0.4) is 0 Å². The molecule has 1 atom stereocenters. The first kappa shape index (κ1) is 15.6. The van der Waals surface area contributed by atoms with Crippen LogP contribution in [-0.4, -0.2) is 11.5 Å². The smallest absolute Gasteiger partial charge is 0.252 e. The molecule has 1 amide bonds. The van der Waals surface area contributed by atoms with Crippen molar-refractivity contribution < 1.29 is 9.53 Å². The predicted molar refractivity (Wildman–Crippen MR) is 91.9 cm³/mol. The van der Waals surface area contributed by atoms with Crippen LogP contribution in [0.5, 0.6) is 5.75 Å². The number of ether oxygens (including phenoxy) is 1. The molecule has 1 aliphatic heterocycles. The first-order chi connectivity index (χ1) is 10.9. The SMILES string of the molecule is Cc1ccc(C)c(C(=O)NC2CC(C)(C)Oc3ccccc32)c1. The molecular formula is C20H23NO2. The van der Waals surface area contributed by atoms with E-state index in [0.29, 0.717) is 0 Å². The number of amides is 1. The maximum atomic E-state index is 12.8. The topological polar surface area (TPSA) is 38.3 Å². The van der Waals surface area contributed by atoms with Gasteiger partial charge in [0.05, 0.1) is 6.04 Å². The van der Waals surface area contributed by atoms with E-state index in [2.05, 4.69) is 19.2 Å². The van der Waals surface area contributed by atoms with Crippen molar-refractivity contribution in [2.24, 2.45) is 0 Å². The summed E-state index contributed by atoms with van der Waals surface area (Å²) in [6.07, 6.45) is 0.751. The molecule has 2 aromatic carbocycles. The largest absolute Gasteiger partial charge is 0.487 e. The predicted octanol–water partition coefficient (Wildman–Crippen LogP) is 4.34. The fraction of sp³-hybridized carbons (Fsp3) is 0.350. The molecule has 0 saturated carbocycles. The van der Waals surface area contributed by atoms with Crippen LogP contribution in [0.25, 0.3) is 0 Å². The Labute approximate surface area is 137 Å². The van der Waals surface area contributed by atoms with Crippen molar-refractivity contribution in [2.45, 2.75) is 45.8 Å². The number of carbonyl (C=O) groups is 1. The minimum atomic E-state index is -0.298. The maximum Gasteiger partial charge on any atom is 0.252 e. The van der Waals surface area contributed by atoms with E-state index >= 15 is 0 Å². The van der Waals surface area contributed by atoms with Crippen molar-refractivity contribution in [1.82, 2.24) is 5.32 Å². The Bertz CT molecular complexity index is 749. The molecule has 1 unspecified atom stereocenters. The van der Waals surface area contributed by atoms with E-state index in [1.165, 1.54) is 0 Å². The van der Waals surface area contributed by atoms with Gasteiger partial charge in [0.25, 0.3) is 5.91 Å². The van der Waals surface area contributed by atoms with Crippen molar-refractivity contribution in [3.8, 4) is 5.75 Å². The summed E-state index contributed by atoms with van der Waals surface area (Å²) >= 11 is 0. The van der Waals surface area contributed by atoms with Crippen molar-refractivity contribution in [3.63, 3.8) is 0 Å². The maximum absolute atomic E-state index is 12.8. The van der Waals surface area contributed by atoms with E-state index in [-0.39, 0.29) is 17.6 Å². The molecule has 3 heteroatoms. The average molecular weight is 309 g/mol. The summed E-state index contributed by atoms with van der Waals surface area (Å²) in [5.41, 5.74) is 3.58. The molecule has 1 heterocycles. The van der Waals surface area contributed by atoms with Crippen LogP contribution >= 0.6 is 0 Å². The number of aryl methyl sites for hydroxylation is 2. The van der Waals surface area contributed by atoms with Gasteiger partial charge >= 0.3 is 0 Å². The Hall–Kier alpha value is -2.29. The lowest BCUT2D eigenvalue weighted by atomic mass is 9.89. The molecule has 1 aliphatic rings. The lowest BCUT2D eigenvalue weighted by Gasteiger charge is -2.38. The van der Waals surface area contributed by atoms with Crippen LogP contribution in [0.4, 0.5) is 0 Å². The van der Waals surface area contributed by atoms with Crippen LogP contribution in [0.1, 0.15) is 53.4 Å². The van der Waals surface area contributed by atoms with E-state index in [9.17, 15) is 4.79 Å². The normalized spacial score (nSPS) is 18.7. The van der Waals surface area contributed by atoms with Crippen molar-refractivity contribution >= 4 is 5.91 Å². The third-order valence-corrected chi connectivity index (χ3v) is 4.32. The highest BCUT2D eigenvalue weighted by Crippen LogP contribution is 2.39. The summed E-state index contributed by atoms with van der Waals surface area (Å²) in [6.45, 7) is 8.08. The van der Waals surface area contributed by atoms with Gasteiger partial charge < -0.3 is 10.1 Å². The van der Waals surface area contributed by atoms with Gasteiger partial charge in [0, 0.05) is 17.5 Å². The molecule has 0 radical (unpaired) electrons. The molecule has 0 aromatic heterocycles. The highest BCUT2D eigenvalue weighted by atomic mass is 16.5. The number of benzene rings is 2.